The molecule has 0 aliphatic carbocycles. The smallest absolute Gasteiger partial charge is 0.383 e. The minimum absolute atomic E-state index is 0.139. The number of hydrogen-bond acceptors (Lipinski definition) is 28. The van der Waals surface area contributed by atoms with Crippen molar-refractivity contribution >= 4 is 45.8 Å². The lowest BCUT2D eigenvalue weighted by atomic mass is 9.87. The Bertz CT molecular complexity index is 3900. The lowest BCUT2D eigenvalue weighted by molar-refractivity contribution is -0.136. The van der Waals surface area contributed by atoms with Crippen molar-refractivity contribution in [1.82, 2.24) is 38.2 Å². The van der Waals surface area contributed by atoms with E-state index in [4.69, 9.17) is 84.0 Å². The van der Waals surface area contributed by atoms with E-state index in [9.17, 15) is 52.6 Å². The van der Waals surface area contributed by atoms with Gasteiger partial charge in [-0.3, -0.25) is 60.4 Å². The molecular formula is C56H85N10O26P3S. The second-order valence-electron chi connectivity index (χ2n) is 24.2. The summed E-state index contributed by atoms with van der Waals surface area (Å²) in [5.41, 5.74) is 7.35. The van der Waals surface area contributed by atoms with E-state index in [2.05, 4.69) is 29.0 Å². The van der Waals surface area contributed by atoms with Crippen molar-refractivity contribution in [2.75, 3.05) is 66.3 Å². The van der Waals surface area contributed by atoms with E-state index in [-0.39, 0.29) is 29.4 Å². The number of aromatic nitrogens is 8. The van der Waals surface area contributed by atoms with E-state index in [0.717, 1.165) is 27.1 Å². The summed E-state index contributed by atoms with van der Waals surface area (Å²) in [6.45, 7) is 12.7. The molecule has 19 atom stereocenters. The number of phosphoric acid groups is 2. The predicted octanol–water partition coefficient (Wildman–Crippen LogP) is 2.35. The number of ether oxygens (including phenoxy) is 9. The molecule has 8 bridgehead atoms. The topological polar surface area (TPSA) is 465 Å². The Morgan fingerprint density at radius 2 is 0.792 bits per heavy atom. The van der Waals surface area contributed by atoms with Gasteiger partial charge in [-0.25, -0.2) is 28.3 Å². The normalized spacial score (nSPS) is 34.2. The third-order valence-electron chi connectivity index (χ3n) is 19.0. The Morgan fingerprint density at radius 1 is 0.500 bits per heavy atom. The molecule has 536 valence electrons. The number of H-pyrrole nitrogens is 2. The Morgan fingerprint density at radius 3 is 1.08 bits per heavy atom. The van der Waals surface area contributed by atoms with Crippen LogP contribution in [0.4, 0.5) is 11.6 Å². The van der Waals surface area contributed by atoms with Gasteiger partial charge in [-0.15, -0.1) is 0 Å². The number of hydrogen-bond donors (Lipinski definition) is 7. The van der Waals surface area contributed by atoms with Crippen LogP contribution < -0.4 is 45.3 Å². The van der Waals surface area contributed by atoms with Gasteiger partial charge in [-0.05, 0) is 65.2 Å². The number of phosphoric ester groups is 2. The maximum absolute atomic E-state index is 12.3. The Kier molecular flexibility index (Phi) is 23.0. The number of rotatable bonds is 18. The highest BCUT2D eigenvalue weighted by Gasteiger charge is 2.64. The molecule has 0 amide bonds. The van der Waals surface area contributed by atoms with E-state index in [1.165, 1.54) is 44.0 Å². The summed E-state index contributed by atoms with van der Waals surface area (Å²) in [7, 11) is -3.47. The van der Waals surface area contributed by atoms with Crippen molar-refractivity contribution in [1.29, 1.82) is 0 Å². The summed E-state index contributed by atoms with van der Waals surface area (Å²) in [6, 6.07) is 0. The first-order valence-corrected chi connectivity index (χ1v) is 36.5. The van der Waals surface area contributed by atoms with Crippen molar-refractivity contribution in [3.05, 3.63) is 110 Å². The van der Waals surface area contributed by atoms with E-state index >= 15 is 0 Å². The van der Waals surface area contributed by atoms with Gasteiger partial charge in [0, 0.05) is 101 Å². The van der Waals surface area contributed by atoms with Gasteiger partial charge in [0.2, 0.25) is 0 Å². The van der Waals surface area contributed by atoms with Crippen LogP contribution in [0.25, 0.3) is 0 Å². The highest BCUT2D eigenvalue weighted by atomic mass is 32.5. The largest absolute Gasteiger partial charge is 0.472 e. The van der Waals surface area contributed by atoms with E-state index in [1.54, 1.807) is 41.0 Å². The summed E-state index contributed by atoms with van der Waals surface area (Å²) in [5.74, 6) is 0.312. The molecule has 7 unspecified atom stereocenters. The van der Waals surface area contributed by atoms with Gasteiger partial charge in [-0.2, -0.15) is 9.97 Å². The number of nitrogens with zero attached hydrogens (tertiary/aromatic N) is 6. The van der Waals surface area contributed by atoms with Crippen LogP contribution in [0.2, 0.25) is 0 Å². The third-order valence-corrected chi connectivity index (χ3v) is 22.5. The summed E-state index contributed by atoms with van der Waals surface area (Å²) < 4.78 is 113. The molecular weight excluding hydrogens is 1350 g/mol. The molecule has 8 fully saturated rings. The van der Waals surface area contributed by atoms with Crippen molar-refractivity contribution in [2.24, 2.45) is 0 Å². The van der Waals surface area contributed by atoms with E-state index in [1.807, 2.05) is 27.7 Å². The fraction of sp³-hybridized carbons (Fsp3) is 0.714. The second kappa shape index (κ2) is 29.4. The molecule has 8 aliphatic rings. The van der Waals surface area contributed by atoms with Gasteiger partial charge in [0.15, 0.2) is 24.9 Å². The van der Waals surface area contributed by atoms with Crippen molar-refractivity contribution in [3.8, 4) is 0 Å². The van der Waals surface area contributed by atoms with Crippen LogP contribution in [0, 0.1) is 27.7 Å². The quantitative estimate of drug-likeness (QED) is 0.0703. The molecule has 36 nitrogen and oxygen atoms in total. The monoisotopic (exact) mass is 1440 g/mol. The summed E-state index contributed by atoms with van der Waals surface area (Å²) >= 11 is 4.99. The molecule has 4 aromatic rings. The minimum atomic E-state index is -4.28. The van der Waals surface area contributed by atoms with Crippen molar-refractivity contribution in [3.63, 3.8) is 0 Å². The summed E-state index contributed by atoms with van der Waals surface area (Å²) in [4.78, 5) is 114. The molecule has 8 aliphatic heterocycles. The molecule has 0 saturated carbocycles. The van der Waals surface area contributed by atoms with Gasteiger partial charge in [0.05, 0.1) is 26.4 Å². The zero-order chi connectivity index (χ0) is 70.4. The van der Waals surface area contributed by atoms with Crippen LogP contribution in [0.3, 0.4) is 0 Å². The number of nitrogens with one attached hydrogen (secondary N) is 2. The zero-order valence-electron chi connectivity index (χ0n) is 55.0. The Balaban J connectivity index is 0.000000151. The number of nitrogens with two attached hydrogens (primary N) is 2. The van der Waals surface area contributed by atoms with Crippen LogP contribution in [0.1, 0.15) is 126 Å². The molecule has 0 radical (unpaired) electrons. The van der Waals surface area contributed by atoms with Gasteiger partial charge in [-0.1, -0.05) is 27.7 Å². The van der Waals surface area contributed by atoms with Crippen LogP contribution in [-0.4, -0.2) is 179 Å². The average molecular weight is 1440 g/mol. The average Bonchev–Trinajstić information content (AvgIpc) is 1.61. The number of methoxy groups -OCH3 is 1. The second-order valence-corrected chi connectivity index (χ2v) is 30.1. The highest BCUT2D eigenvalue weighted by Crippen LogP contribution is 2.58. The maximum Gasteiger partial charge on any atom is 0.472 e. The molecule has 0 spiro atoms. The number of aromatic amines is 2. The highest BCUT2D eigenvalue weighted by molar-refractivity contribution is 8.07. The van der Waals surface area contributed by atoms with Crippen LogP contribution in [-0.2, 0) is 90.7 Å². The number of anilines is 2. The van der Waals surface area contributed by atoms with Gasteiger partial charge in [0.1, 0.15) is 82.9 Å². The van der Waals surface area contributed by atoms with Crippen LogP contribution in [0.15, 0.2) is 53.6 Å². The molecule has 0 aromatic carbocycles. The molecule has 40 heteroatoms. The third kappa shape index (κ3) is 14.7. The number of aryl methyl sites for hydroxylation is 4. The fourth-order valence-electron chi connectivity index (χ4n) is 13.4. The molecule has 4 aromatic heterocycles. The van der Waals surface area contributed by atoms with Crippen molar-refractivity contribution in [2.45, 2.75) is 203 Å². The summed E-state index contributed by atoms with van der Waals surface area (Å²) in [5, 5.41) is 0. The Labute approximate surface area is 554 Å². The zero-order valence-corrected chi connectivity index (χ0v) is 58.5. The first-order valence-electron chi connectivity index (χ1n) is 31.0. The number of nitrogen functional groups attached to an aromatic ring is 2. The summed E-state index contributed by atoms with van der Waals surface area (Å²) in [6.07, 6.45) is 2.31. The molecule has 9 N–H and O–H groups in total. The predicted molar refractivity (Wildman–Crippen MR) is 340 cm³/mol. The fourth-order valence-corrected chi connectivity index (χ4v) is 15.7. The molecule has 8 saturated heterocycles. The van der Waals surface area contributed by atoms with Gasteiger partial charge < -0.3 is 73.3 Å². The Hall–Kier alpha value is -4.89. The standard InChI is InChI=1S/C14H22N3O7P.C14H22N3O6PS.C14H21N2O8P.C14H20N2O5/c1-4-14-5-6-22-9(10(14)24-25(19,20)21-3)12(23-14)17-7-8(2)11(15)16-13(17)18;1-4-14-5-6-21-9(10(14)23-24(19,25)20-3)12(22-14)17-7-8(2)11(15)16-13(17)18;1-4-14-5-6-22-9(10(14)24-25(19,20)21-3)12(23-14)16-7-8(2)11(17)15-13(16)18;1-4-14-5-6-20-9(10(14)19-3)12(21-14)16-7-8(2)11(17)15-13(16)18/h7,9-10,12H,4-6H2,1-3H3,(H,19,20)(H2,15,16,18);7,9-10,12H,4-6H2,1-3H3,(H,19,25)(H2,15,16,18);7,9-10,12H,4-6H2,1-3H3,(H,19,20)(H,15,17,18);7,9-10,12H,4-6H2,1-3H3,(H,15,17,18)/t9?,10-,12-,14+;9?,10-,12-,14+,24?;2*9?,10-,12-,14+/m1111/s1. The van der Waals surface area contributed by atoms with Gasteiger partial charge in [0.25, 0.3) is 11.1 Å². The van der Waals surface area contributed by atoms with Crippen LogP contribution >= 0.6 is 22.4 Å². The first kappa shape index (κ1) is 75.3. The SMILES string of the molecule is CC[C@@]12CCOC([C@H](n3cc(C)c(=O)[nH]c3=O)O1)[C@H]2OC.CC[C@@]12CCOC([C@H](n3cc(C)c(=O)[nH]c3=O)O1)[C@H]2OP(=O)(O)OC.CC[C@@]12CCOC([C@H](n3cc(C)c(N)nc3=O)O1)[C@H]2OP(=O)(O)OC.CC[C@@]12CCOC([C@H](n3cc(C)c(N)nc3=O)O1)[C@H]2OP(O)(=S)OC. The minimum Gasteiger partial charge on any atom is -0.383 e. The first-order chi connectivity index (χ1) is 45.2. The molecule has 96 heavy (non-hydrogen) atoms. The lowest BCUT2D eigenvalue weighted by Crippen LogP contribution is -2.49. The van der Waals surface area contributed by atoms with Crippen molar-refractivity contribution < 1.29 is 93.6 Å². The maximum atomic E-state index is 12.3. The molecule has 12 heterocycles. The van der Waals surface area contributed by atoms with E-state index in [0.29, 0.717) is 87.2 Å². The van der Waals surface area contributed by atoms with E-state index < -0.39 is 135 Å². The lowest BCUT2D eigenvalue weighted by Gasteiger charge is -2.38. The van der Waals surface area contributed by atoms with Gasteiger partial charge >= 0.3 is 45.1 Å². The molecule has 12 rings (SSSR count). The number of fused-ring (bicyclic) bond motifs is 8. The van der Waals surface area contributed by atoms with Crippen LogP contribution in [0.5, 0.6) is 0 Å².